The minimum Gasteiger partial charge on any atom is -0.351 e. The van der Waals surface area contributed by atoms with Crippen molar-refractivity contribution in [3.05, 3.63) is 6.07 Å². The van der Waals surface area contributed by atoms with E-state index in [2.05, 4.69) is 6.07 Å². The SMILES string of the molecule is Cl[C]OCC12CC3CC(CC1C3)C2. The second-order valence-electron chi connectivity index (χ2n) is 5.27. The number of halogens is 1. The van der Waals surface area contributed by atoms with Gasteiger partial charge in [0.15, 0.2) is 0 Å². The van der Waals surface area contributed by atoms with E-state index in [1.54, 1.807) is 0 Å². The van der Waals surface area contributed by atoms with Gasteiger partial charge in [0.2, 0.25) is 6.07 Å². The van der Waals surface area contributed by atoms with Crippen molar-refractivity contribution in [2.24, 2.45) is 23.2 Å². The van der Waals surface area contributed by atoms with Crippen LogP contribution in [0.1, 0.15) is 32.1 Å². The van der Waals surface area contributed by atoms with Crippen molar-refractivity contribution in [3.8, 4) is 0 Å². The monoisotopic (exact) mass is 198 g/mol. The smallest absolute Gasteiger partial charge is 0.236 e. The second-order valence-corrected chi connectivity index (χ2v) is 5.43. The lowest BCUT2D eigenvalue weighted by Gasteiger charge is -2.31. The van der Waals surface area contributed by atoms with E-state index in [0.29, 0.717) is 5.41 Å². The molecular formula is C11H15ClO. The summed E-state index contributed by atoms with van der Waals surface area (Å²) in [5, 5.41) is 0. The van der Waals surface area contributed by atoms with Crippen LogP contribution in [0.5, 0.6) is 0 Å². The second kappa shape index (κ2) is 2.87. The summed E-state index contributed by atoms with van der Waals surface area (Å²) in [7, 11) is 0. The molecule has 4 bridgehead atoms. The maximum absolute atomic E-state index is 5.34. The molecule has 0 aliphatic heterocycles. The van der Waals surface area contributed by atoms with Crippen LogP contribution in [0, 0.1) is 29.2 Å². The maximum atomic E-state index is 5.34. The highest BCUT2D eigenvalue weighted by Crippen LogP contribution is 2.65. The quantitative estimate of drug-likeness (QED) is 0.678. The molecule has 0 spiro atoms. The Labute approximate surface area is 84.8 Å². The molecule has 0 heterocycles. The summed E-state index contributed by atoms with van der Waals surface area (Å²) in [6.07, 6.45) is 7.20. The Hall–Kier alpha value is 0.250. The maximum Gasteiger partial charge on any atom is 0.236 e. The van der Waals surface area contributed by atoms with Crippen LogP contribution >= 0.6 is 11.6 Å². The average molecular weight is 199 g/mol. The van der Waals surface area contributed by atoms with Gasteiger partial charge in [-0.05, 0) is 55.3 Å². The van der Waals surface area contributed by atoms with Crippen LogP contribution in [0.3, 0.4) is 0 Å². The van der Waals surface area contributed by atoms with Gasteiger partial charge in [-0.2, -0.15) is 0 Å². The molecule has 0 aromatic rings. The minimum atomic E-state index is 0.509. The molecule has 4 rings (SSSR count). The Bertz CT molecular complexity index is 202. The first kappa shape index (κ1) is 8.55. The highest BCUT2D eigenvalue weighted by atomic mass is 35.5. The van der Waals surface area contributed by atoms with Crippen molar-refractivity contribution in [2.75, 3.05) is 6.61 Å². The summed E-state index contributed by atoms with van der Waals surface area (Å²) in [6, 6.07) is 2.30. The van der Waals surface area contributed by atoms with Gasteiger partial charge in [0.25, 0.3) is 0 Å². The Morgan fingerprint density at radius 3 is 2.54 bits per heavy atom. The Morgan fingerprint density at radius 1 is 1.23 bits per heavy atom. The van der Waals surface area contributed by atoms with Crippen LogP contribution < -0.4 is 0 Å². The van der Waals surface area contributed by atoms with Gasteiger partial charge < -0.3 is 4.74 Å². The lowest BCUT2D eigenvalue weighted by molar-refractivity contribution is 0.0678. The minimum absolute atomic E-state index is 0.509. The third kappa shape index (κ3) is 1.16. The molecule has 1 nitrogen and oxygen atoms in total. The molecule has 72 valence electrons. The van der Waals surface area contributed by atoms with Crippen LogP contribution in [0.4, 0.5) is 0 Å². The molecule has 2 unspecified atom stereocenters. The molecule has 4 aliphatic carbocycles. The molecular weight excluding hydrogens is 184 g/mol. The van der Waals surface area contributed by atoms with Crippen LogP contribution in [0.15, 0.2) is 0 Å². The fraction of sp³-hybridized carbons (Fsp3) is 0.909. The third-order valence-electron chi connectivity index (χ3n) is 4.57. The van der Waals surface area contributed by atoms with E-state index in [-0.39, 0.29) is 0 Å². The first-order valence-corrected chi connectivity index (χ1v) is 5.68. The number of hydrogen-bond acceptors (Lipinski definition) is 1. The topological polar surface area (TPSA) is 9.23 Å². The van der Waals surface area contributed by atoms with Crippen LogP contribution in [-0.2, 0) is 4.74 Å². The predicted octanol–water partition coefficient (Wildman–Crippen LogP) is 3.06. The van der Waals surface area contributed by atoms with Crippen molar-refractivity contribution < 1.29 is 4.74 Å². The lowest BCUT2D eigenvalue weighted by Crippen LogP contribution is -2.27. The van der Waals surface area contributed by atoms with E-state index in [0.717, 1.165) is 24.4 Å². The first-order valence-electron chi connectivity index (χ1n) is 5.30. The summed E-state index contributed by atoms with van der Waals surface area (Å²) in [5.41, 5.74) is 0.509. The van der Waals surface area contributed by atoms with Crippen LogP contribution in [0.25, 0.3) is 0 Å². The summed E-state index contributed by atoms with van der Waals surface area (Å²) in [6.45, 7) is 0.828. The number of hydrogen-bond donors (Lipinski definition) is 0. The zero-order chi connectivity index (χ0) is 8.89. The van der Waals surface area contributed by atoms with Gasteiger partial charge >= 0.3 is 0 Å². The van der Waals surface area contributed by atoms with Crippen molar-refractivity contribution in [1.29, 1.82) is 0 Å². The van der Waals surface area contributed by atoms with E-state index in [9.17, 15) is 0 Å². The summed E-state index contributed by atoms with van der Waals surface area (Å²) in [5.74, 6) is 2.97. The van der Waals surface area contributed by atoms with Gasteiger partial charge in [-0.25, -0.2) is 0 Å². The molecule has 13 heavy (non-hydrogen) atoms. The molecule has 4 aliphatic rings. The molecule has 0 N–H and O–H groups in total. The summed E-state index contributed by atoms with van der Waals surface area (Å²) >= 11 is 5.34. The number of ether oxygens (including phenoxy) is 1. The zero-order valence-electron chi connectivity index (χ0n) is 7.76. The Kier molecular flexibility index (Phi) is 1.89. The van der Waals surface area contributed by atoms with E-state index in [1.807, 2.05) is 0 Å². The third-order valence-corrected chi connectivity index (χ3v) is 4.68. The van der Waals surface area contributed by atoms with Crippen molar-refractivity contribution in [1.82, 2.24) is 0 Å². The normalized spacial score (nSPS) is 51.9. The van der Waals surface area contributed by atoms with Gasteiger partial charge in [0.1, 0.15) is 0 Å². The molecule has 2 radical (unpaired) electrons. The zero-order valence-corrected chi connectivity index (χ0v) is 8.52. The molecule has 4 saturated carbocycles. The Balaban J connectivity index is 1.77. The van der Waals surface area contributed by atoms with Crippen LogP contribution in [0.2, 0.25) is 0 Å². The predicted molar refractivity (Wildman–Crippen MR) is 51.0 cm³/mol. The highest BCUT2D eigenvalue weighted by molar-refractivity contribution is 6.22. The van der Waals surface area contributed by atoms with Crippen molar-refractivity contribution in [2.45, 2.75) is 32.1 Å². The summed E-state index contributed by atoms with van der Waals surface area (Å²) < 4.78 is 5.21. The van der Waals surface area contributed by atoms with Gasteiger partial charge in [0, 0.05) is 0 Å². The molecule has 0 aromatic carbocycles. The fourth-order valence-electron chi connectivity index (χ4n) is 4.37. The molecule has 0 amide bonds. The standard InChI is InChI=1S/C11H15ClO/c12-7-13-6-11-4-8-1-9(5-11)3-10(11)2-8/h8-10H,1-6H2. The molecule has 4 fully saturated rings. The van der Waals surface area contributed by atoms with E-state index in [4.69, 9.17) is 16.3 Å². The van der Waals surface area contributed by atoms with E-state index >= 15 is 0 Å². The molecule has 2 heteroatoms. The molecule has 0 aromatic heterocycles. The first-order chi connectivity index (χ1) is 6.32. The van der Waals surface area contributed by atoms with E-state index in [1.165, 1.54) is 32.1 Å². The van der Waals surface area contributed by atoms with Crippen molar-refractivity contribution in [3.63, 3.8) is 0 Å². The van der Waals surface area contributed by atoms with E-state index < -0.39 is 0 Å². The summed E-state index contributed by atoms with van der Waals surface area (Å²) in [4.78, 5) is 0. The van der Waals surface area contributed by atoms with Gasteiger partial charge in [-0.1, -0.05) is 11.6 Å². The van der Waals surface area contributed by atoms with Gasteiger partial charge in [-0.3, -0.25) is 0 Å². The Morgan fingerprint density at radius 2 is 1.92 bits per heavy atom. The largest absolute Gasteiger partial charge is 0.351 e. The lowest BCUT2D eigenvalue weighted by atomic mass is 9.76. The molecule has 2 atom stereocenters. The fourth-order valence-corrected chi connectivity index (χ4v) is 4.43. The number of rotatable bonds is 3. The average Bonchev–Trinajstić information content (AvgIpc) is 2.49. The highest BCUT2D eigenvalue weighted by Gasteiger charge is 2.57. The molecule has 0 saturated heterocycles. The van der Waals surface area contributed by atoms with Gasteiger partial charge in [0.05, 0.1) is 6.61 Å². The van der Waals surface area contributed by atoms with Crippen LogP contribution in [-0.4, -0.2) is 6.61 Å². The van der Waals surface area contributed by atoms with Gasteiger partial charge in [-0.15, -0.1) is 0 Å². The van der Waals surface area contributed by atoms with Crippen molar-refractivity contribution >= 4 is 11.6 Å².